The Morgan fingerprint density at radius 2 is 1.89 bits per heavy atom. The molecule has 11 nitrogen and oxygen atoms in total. The Hall–Kier alpha value is -1.57. The summed E-state index contributed by atoms with van der Waals surface area (Å²) in [6.07, 6.45) is -8.59. The molecule has 0 spiro atoms. The normalized spacial score (nSPS) is 40.6. The Labute approximate surface area is 160 Å². The summed E-state index contributed by atoms with van der Waals surface area (Å²) in [4.78, 5) is 12.0. The number of aliphatic hydroxyl groups excluding tert-OH is 6. The Balaban J connectivity index is 1.88. The molecule has 3 aliphatic rings. The lowest BCUT2D eigenvalue weighted by Gasteiger charge is -2.41. The lowest BCUT2D eigenvalue weighted by atomic mass is 9.90. The predicted octanol–water partition coefficient (Wildman–Crippen LogP) is -3.11. The molecule has 8 atom stereocenters. The summed E-state index contributed by atoms with van der Waals surface area (Å²) in [6, 6.07) is 0. The van der Waals surface area contributed by atoms with Crippen LogP contribution in [0.4, 0.5) is 0 Å². The minimum Gasteiger partial charge on any atom is -0.468 e. The van der Waals surface area contributed by atoms with Crippen LogP contribution in [0.3, 0.4) is 0 Å². The van der Waals surface area contributed by atoms with E-state index in [4.69, 9.17) is 18.9 Å². The second-order valence-corrected chi connectivity index (χ2v) is 6.81. The molecule has 0 radical (unpaired) electrons. The summed E-state index contributed by atoms with van der Waals surface area (Å²) in [6.45, 7) is -1.14. The number of carbonyl (C=O) groups is 1. The van der Waals surface area contributed by atoms with E-state index in [9.17, 15) is 35.4 Å². The number of aliphatic hydroxyl groups is 6. The number of carbonyl (C=O) groups excluding carboxylic acids is 1. The fraction of sp³-hybridized carbons (Fsp3) is 0.706. The molecule has 0 aromatic heterocycles. The smallest absolute Gasteiger partial charge is 0.337 e. The van der Waals surface area contributed by atoms with Gasteiger partial charge in [-0.05, 0) is 12.0 Å². The highest BCUT2D eigenvalue weighted by molar-refractivity contribution is 5.90. The van der Waals surface area contributed by atoms with Crippen molar-refractivity contribution in [3.8, 4) is 0 Å². The fourth-order valence-corrected chi connectivity index (χ4v) is 3.72. The van der Waals surface area contributed by atoms with Crippen LogP contribution in [-0.2, 0) is 23.7 Å². The highest BCUT2D eigenvalue weighted by Crippen LogP contribution is 2.44. The summed E-state index contributed by atoms with van der Waals surface area (Å²) >= 11 is 0. The summed E-state index contributed by atoms with van der Waals surface area (Å²) in [7, 11) is 1.20. The van der Waals surface area contributed by atoms with Crippen molar-refractivity contribution in [2.24, 2.45) is 5.92 Å². The van der Waals surface area contributed by atoms with E-state index < -0.39 is 68.2 Å². The molecular formula is C17H24O11. The van der Waals surface area contributed by atoms with Gasteiger partial charge in [0.25, 0.3) is 0 Å². The topological polar surface area (TPSA) is 175 Å². The average Bonchev–Trinajstić information content (AvgIpc) is 3.04. The number of esters is 1. The van der Waals surface area contributed by atoms with Crippen molar-refractivity contribution in [3.63, 3.8) is 0 Å². The molecule has 28 heavy (non-hydrogen) atoms. The molecule has 1 aliphatic carbocycles. The highest BCUT2D eigenvalue weighted by Gasteiger charge is 2.49. The maximum atomic E-state index is 12.0. The second kappa shape index (κ2) is 8.43. The van der Waals surface area contributed by atoms with Crippen LogP contribution in [-0.4, -0.2) is 100 Å². The average molecular weight is 404 g/mol. The Morgan fingerprint density at radius 1 is 1.18 bits per heavy atom. The third-order valence-corrected chi connectivity index (χ3v) is 5.25. The molecule has 0 aromatic rings. The van der Waals surface area contributed by atoms with E-state index in [1.165, 1.54) is 7.11 Å². The molecule has 0 bridgehead atoms. The summed E-state index contributed by atoms with van der Waals surface area (Å²) in [5.74, 6) is -1.31. The van der Waals surface area contributed by atoms with Gasteiger partial charge in [0.15, 0.2) is 6.29 Å². The van der Waals surface area contributed by atoms with Gasteiger partial charge in [0.2, 0.25) is 6.29 Å². The molecule has 11 heteroatoms. The minimum absolute atomic E-state index is 0.101. The summed E-state index contributed by atoms with van der Waals surface area (Å²) in [5, 5.41) is 59.0. The first-order chi connectivity index (χ1) is 13.3. The molecule has 1 unspecified atom stereocenters. The van der Waals surface area contributed by atoms with Crippen molar-refractivity contribution < 1.29 is 54.4 Å². The predicted molar refractivity (Wildman–Crippen MR) is 88.0 cm³/mol. The third kappa shape index (κ3) is 3.55. The first kappa shape index (κ1) is 21.1. The lowest BCUT2D eigenvalue weighted by Crippen LogP contribution is -2.60. The van der Waals surface area contributed by atoms with E-state index in [-0.39, 0.29) is 23.1 Å². The molecule has 0 saturated carbocycles. The van der Waals surface area contributed by atoms with Gasteiger partial charge in [-0.15, -0.1) is 0 Å². The molecule has 2 aliphatic heterocycles. The van der Waals surface area contributed by atoms with E-state index >= 15 is 0 Å². The molecule has 158 valence electrons. The van der Waals surface area contributed by atoms with Crippen molar-refractivity contribution in [3.05, 3.63) is 23.0 Å². The molecular weight excluding hydrogens is 380 g/mol. The van der Waals surface area contributed by atoms with Gasteiger partial charge in [-0.1, -0.05) is 0 Å². The van der Waals surface area contributed by atoms with E-state index in [1.807, 2.05) is 0 Å². The van der Waals surface area contributed by atoms with Crippen LogP contribution in [0, 0.1) is 5.92 Å². The quantitative estimate of drug-likeness (QED) is 0.202. The van der Waals surface area contributed by atoms with Crippen LogP contribution in [0.2, 0.25) is 0 Å². The third-order valence-electron chi connectivity index (χ3n) is 5.25. The molecule has 1 saturated heterocycles. The maximum absolute atomic E-state index is 12.0. The van der Waals surface area contributed by atoms with Crippen LogP contribution in [0.15, 0.2) is 23.0 Å². The standard InChI is InChI=1S/C17H24O11/c1-25-15(24)8-5-26-16(11-6(8)2-9(20)7(11)3-18)28-17-14(23)13(22)12(21)10(4-19)27-17/h5-6,9-10,12-14,16-23H,2-4H2,1H3/t6?,9-,10+,12+,13-,14+,16-,17-/m0/s1. The van der Waals surface area contributed by atoms with E-state index in [1.54, 1.807) is 0 Å². The number of ether oxygens (including phenoxy) is 4. The maximum Gasteiger partial charge on any atom is 0.337 e. The largest absolute Gasteiger partial charge is 0.468 e. The Kier molecular flexibility index (Phi) is 6.37. The Morgan fingerprint density at radius 3 is 2.50 bits per heavy atom. The summed E-state index contributed by atoms with van der Waals surface area (Å²) in [5.41, 5.74) is 0.623. The zero-order valence-electron chi connectivity index (χ0n) is 15.0. The van der Waals surface area contributed by atoms with Gasteiger partial charge in [-0.2, -0.15) is 0 Å². The van der Waals surface area contributed by atoms with Crippen LogP contribution >= 0.6 is 0 Å². The molecule has 1 fully saturated rings. The van der Waals surface area contributed by atoms with Crippen LogP contribution in [0.1, 0.15) is 6.42 Å². The van der Waals surface area contributed by atoms with E-state index in [2.05, 4.69) is 0 Å². The summed E-state index contributed by atoms with van der Waals surface area (Å²) < 4.78 is 21.0. The number of rotatable bonds is 5. The molecule has 0 aromatic carbocycles. The van der Waals surface area contributed by atoms with Gasteiger partial charge >= 0.3 is 5.97 Å². The lowest BCUT2D eigenvalue weighted by molar-refractivity contribution is -0.327. The SMILES string of the molecule is COC(=O)C1=CO[C@@H](O[C@@H]2O[C@H](CO)[C@@H](O)[C@H](O)[C@H]2O)C2=C(CO)[C@@H](O)CC12. The van der Waals surface area contributed by atoms with Crippen molar-refractivity contribution in [2.45, 2.75) is 49.5 Å². The van der Waals surface area contributed by atoms with Gasteiger partial charge in [-0.3, -0.25) is 0 Å². The van der Waals surface area contributed by atoms with Crippen LogP contribution < -0.4 is 0 Å². The zero-order valence-corrected chi connectivity index (χ0v) is 15.0. The van der Waals surface area contributed by atoms with E-state index in [0.717, 1.165) is 6.26 Å². The minimum atomic E-state index is -1.66. The van der Waals surface area contributed by atoms with Gasteiger partial charge < -0.3 is 49.6 Å². The van der Waals surface area contributed by atoms with Gasteiger partial charge in [-0.25, -0.2) is 4.79 Å². The highest BCUT2D eigenvalue weighted by atomic mass is 16.8. The molecule has 6 N–H and O–H groups in total. The monoisotopic (exact) mass is 404 g/mol. The van der Waals surface area contributed by atoms with Gasteiger partial charge in [0, 0.05) is 11.5 Å². The van der Waals surface area contributed by atoms with Crippen LogP contribution in [0.25, 0.3) is 0 Å². The van der Waals surface area contributed by atoms with Crippen molar-refractivity contribution in [1.29, 1.82) is 0 Å². The number of methoxy groups -OCH3 is 1. The first-order valence-electron chi connectivity index (χ1n) is 8.75. The van der Waals surface area contributed by atoms with Crippen LogP contribution in [0.5, 0.6) is 0 Å². The molecule has 3 rings (SSSR count). The van der Waals surface area contributed by atoms with Crippen molar-refractivity contribution >= 4 is 5.97 Å². The van der Waals surface area contributed by atoms with Gasteiger partial charge in [0.05, 0.1) is 38.3 Å². The fourth-order valence-electron chi connectivity index (χ4n) is 3.72. The molecule has 0 amide bonds. The van der Waals surface area contributed by atoms with E-state index in [0.29, 0.717) is 0 Å². The number of hydrogen-bond acceptors (Lipinski definition) is 11. The zero-order chi connectivity index (χ0) is 20.6. The second-order valence-electron chi connectivity index (χ2n) is 6.81. The van der Waals surface area contributed by atoms with Crippen molar-refractivity contribution in [2.75, 3.05) is 20.3 Å². The van der Waals surface area contributed by atoms with Gasteiger partial charge in [0.1, 0.15) is 24.4 Å². The van der Waals surface area contributed by atoms with Crippen molar-refractivity contribution in [1.82, 2.24) is 0 Å². The number of hydrogen-bond donors (Lipinski definition) is 6. The number of fused-ring (bicyclic) bond motifs is 1. The molecule has 2 heterocycles. The first-order valence-corrected chi connectivity index (χ1v) is 8.75. The Bertz CT molecular complexity index is 657.